The molecule has 0 atom stereocenters. The zero-order chi connectivity index (χ0) is 17.1. The van der Waals surface area contributed by atoms with Crippen molar-refractivity contribution in [2.24, 2.45) is 0 Å². The van der Waals surface area contributed by atoms with E-state index in [1.807, 2.05) is 5.20 Å². The Labute approximate surface area is 147 Å². The van der Waals surface area contributed by atoms with Crippen LogP contribution in [-0.4, -0.2) is 26.5 Å². The summed E-state index contributed by atoms with van der Waals surface area (Å²) in [6, 6.07) is 0. The first-order valence-corrected chi connectivity index (χ1v) is 21.6. The van der Waals surface area contributed by atoms with Crippen molar-refractivity contribution in [2.75, 3.05) is 0 Å². The second kappa shape index (κ2) is 12.2. The van der Waals surface area contributed by atoms with Gasteiger partial charge in [-0.15, -0.1) is 0 Å². The Bertz CT molecular complexity index is 280. The molecule has 0 aromatic rings. The molecule has 22 heavy (non-hydrogen) atoms. The topological polar surface area (TPSA) is 0 Å². The minimum atomic E-state index is -1.97. The molecule has 0 radical (unpaired) electrons. The first-order chi connectivity index (χ1) is 10.3. The molecule has 2 heteroatoms. The van der Waals surface area contributed by atoms with Crippen LogP contribution in [0.25, 0.3) is 0 Å². The van der Waals surface area contributed by atoms with Crippen molar-refractivity contribution >= 4 is 26.5 Å². The molecule has 0 saturated heterocycles. The summed E-state index contributed by atoms with van der Waals surface area (Å²) < 4.78 is 6.60. The molecule has 0 rings (SSSR count). The van der Waals surface area contributed by atoms with Gasteiger partial charge < -0.3 is 0 Å². The van der Waals surface area contributed by atoms with E-state index in [1.165, 1.54) is 44.9 Å². The first-order valence-electron chi connectivity index (χ1n) is 10.0. The Morgan fingerprint density at radius 3 is 1.45 bits per heavy atom. The molecule has 0 aliphatic carbocycles. The van der Waals surface area contributed by atoms with Gasteiger partial charge in [0.1, 0.15) is 0 Å². The molecule has 0 unspecified atom stereocenters. The summed E-state index contributed by atoms with van der Waals surface area (Å²) >= 11 is -1.97. The first kappa shape index (κ1) is 22.8. The zero-order valence-corrected chi connectivity index (χ0v) is 20.7. The van der Waals surface area contributed by atoms with Gasteiger partial charge >= 0.3 is 148 Å². The van der Waals surface area contributed by atoms with Gasteiger partial charge in [-0.1, -0.05) is 0 Å². The van der Waals surface area contributed by atoms with E-state index in [2.05, 4.69) is 53.4 Å². The third-order valence-corrected chi connectivity index (χ3v) is 23.8. The van der Waals surface area contributed by atoms with Crippen LogP contribution >= 0.6 is 0 Å². The van der Waals surface area contributed by atoms with Gasteiger partial charge in [0.05, 0.1) is 0 Å². The van der Waals surface area contributed by atoms with Crippen molar-refractivity contribution in [3.8, 4) is 0 Å². The zero-order valence-electron chi connectivity index (χ0n) is 16.9. The number of allylic oxidation sites excluding steroid dienone is 2. The van der Waals surface area contributed by atoms with E-state index < -0.39 is 26.5 Å². The maximum atomic E-state index is 2.64. The van der Waals surface area contributed by atoms with Crippen molar-refractivity contribution in [3.05, 3.63) is 11.3 Å². The van der Waals surface area contributed by atoms with Crippen LogP contribution in [0.3, 0.4) is 0 Å². The minimum absolute atomic E-state index is 1.12. The molecule has 0 aromatic carbocycles. The van der Waals surface area contributed by atoms with Crippen molar-refractivity contribution in [2.45, 2.75) is 110 Å². The maximum absolute atomic E-state index is 2.64. The average Bonchev–Trinajstić information content (AvgIpc) is 2.47. The number of unbranched alkanes of at least 4 members (excludes halogenated alkanes) is 3. The fourth-order valence-corrected chi connectivity index (χ4v) is 27.8. The van der Waals surface area contributed by atoms with E-state index in [0.29, 0.717) is 0 Å². The van der Waals surface area contributed by atoms with Crippen LogP contribution < -0.4 is 0 Å². The van der Waals surface area contributed by atoms with Gasteiger partial charge in [0.25, 0.3) is 0 Å². The summed E-state index contributed by atoms with van der Waals surface area (Å²) in [6.45, 7) is 17.2. The summed E-state index contributed by atoms with van der Waals surface area (Å²) in [5, 5.41) is 1.94. The van der Waals surface area contributed by atoms with Crippen molar-refractivity contribution in [1.82, 2.24) is 0 Å². The van der Waals surface area contributed by atoms with Gasteiger partial charge in [-0.2, -0.15) is 0 Å². The van der Waals surface area contributed by atoms with Crippen molar-refractivity contribution in [3.63, 3.8) is 0 Å². The van der Waals surface area contributed by atoms with Crippen LogP contribution in [0.15, 0.2) is 11.3 Å². The predicted molar refractivity (Wildman–Crippen MR) is 111 cm³/mol. The van der Waals surface area contributed by atoms with E-state index in [9.17, 15) is 0 Å². The van der Waals surface area contributed by atoms with Crippen LogP contribution in [0.1, 0.15) is 72.6 Å². The molecular weight excluding hydrogens is 387 g/mol. The second-order valence-corrected chi connectivity index (χ2v) is 27.4. The fourth-order valence-electron chi connectivity index (χ4n) is 3.59. The summed E-state index contributed by atoms with van der Waals surface area (Å²) in [7, 11) is -1.12. The van der Waals surface area contributed by atoms with E-state index in [1.54, 1.807) is 17.7 Å². The standard InChI is InChI=1S/C8H17Si.3C4H9.Sn/c1-6-7-8(2)9(3,4)5;3*1-3-4-2;/h7H,2,6H2,1,3-5H3;3*1,3-4H2,2H3;/b8-7-;;;;. The number of hydrogen-bond acceptors (Lipinski definition) is 0. The molecule has 0 fully saturated rings. The molecule has 132 valence electrons. The van der Waals surface area contributed by atoms with Gasteiger partial charge in [0.2, 0.25) is 0 Å². The number of rotatable bonds is 13. The SMILES string of the molecule is CC/C=C(/[CH2][Sn]([CH2]CCC)([CH2]CCC)[CH2]CCC)[Si](C)(C)C. The Morgan fingerprint density at radius 1 is 0.773 bits per heavy atom. The number of hydrogen-bond donors (Lipinski definition) is 0. The van der Waals surface area contributed by atoms with Crippen LogP contribution in [0.2, 0.25) is 37.4 Å². The van der Waals surface area contributed by atoms with Crippen LogP contribution in [0.4, 0.5) is 0 Å². The summed E-state index contributed by atoms with van der Waals surface area (Å²) in [5.41, 5.74) is 0. The summed E-state index contributed by atoms with van der Waals surface area (Å²) in [6.07, 6.45) is 12.6. The average molecular weight is 431 g/mol. The predicted octanol–water partition coefficient (Wildman–Crippen LogP) is 8.05. The van der Waals surface area contributed by atoms with Gasteiger partial charge in [-0.3, -0.25) is 0 Å². The Hall–Kier alpha value is 0.756. The monoisotopic (exact) mass is 432 g/mol. The Morgan fingerprint density at radius 2 is 1.18 bits per heavy atom. The van der Waals surface area contributed by atoms with E-state index in [-0.39, 0.29) is 0 Å². The second-order valence-electron chi connectivity index (χ2n) is 8.38. The molecule has 0 saturated carbocycles. The van der Waals surface area contributed by atoms with Gasteiger partial charge in [0.15, 0.2) is 0 Å². The van der Waals surface area contributed by atoms with Crippen LogP contribution in [-0.2, 0) is 0 Å². The molecule has 0 spiro atoms. The molecule has 0 aromatic heterocycles. The van der Waals surface area contributed by atoms with Gasteiger partial charge in [-0.05, 0) is 0 Å². The molecule has 0 bridgehead atoms. The molecule has 0 amide bonds. The van der Waals surface area contributed by atoms with Crippen LogP contribution in [0.5, 0.6) is 0 Å². The molecule has 0 N–H and O–H groups in total. The van der Waals surface area contributed by atoms with E-state index in [4.69, 9.17) is 0 Å². The summed E-state index contributed by atoms with van der Waals surface area (Å²) in [4.78, 5) is 0. The Balaban J connectivity index is 5.32. The van der Waals surface area contributed by atoms with Gasteiger partial charge in [0, 0.05) is 0 Å². The molecule has 0 aliphatic heterocycles. The third kappa shape index (κ3) is 9.15. The van der Waals surface area contributed by atoms with Crippen molar-refractivity contribution in [1.29, 1.82) is 0 Å². The molecule has 0 heterocycles. The quantitative estimate of drug-likeness (QED) is 0.259. The normalized spacial score (nSPS) is 13.7. The molecular formula is C20H44SiSn. The summed E-state index contributed by atoms with van der Waals surface area (Å²) in [5.74, 6) is 0. The molecule has 0 aliphatic rings. The van der Waals surface area contributed by atoms with Crippen molar-refractivity contribution < 1.29 is 0 Å². The third-order valence-electron chi connectivity index (χ3n) is 5.16. The van der Waals surface area contributed by atoms with E-state index >= 15 is 0 Å². The van der Waals surface area contributed by atoms with Gasteiger partial charge in [-0.25, -0.2) is 0 Å². The van der Waals surface area contributed by atoms with Crippen LogP contribution in [0, 0.1) is 0 Å². The van der Waals surface area contributed by atoms with E-state index in [0.717, 1.165) is 0 Å². The Kier molecular flexibility index (Phi) is 12.6. The molecule has 0 nitrogen and oxygen atoms in total. The fraction of sp³-hybridized carbons (Fsp3) is 0.900.